The molecule has 0 bridgehead atoms. The Bertz CT molecular complexity index is 506. The van der Waals surface area contributed by atoms with Gasteiger partial charge in [0.25, 0.3) is 0 Å². The molecule has 0 aliphatic rings. The molecule has 0 radical (unpaired) electrons. The van der Waals surface area contributed by atoms with Gasteiger partial charge >= 0.3 is 0 Å². The van der Waals surface area contributed by atoms with E-state index in [-0.39, 0.29) is 5.11 Å². The van der Waals surface area contributed by atoms with Gasteiger partial charge in [-0.2, -0.15) is 0 Å². The van der Waals surface area contributed by atoms with Gasteiger partial charge in [0, 0.05) is 5.69 Å². The van der Waals surface area contributed by atoms with E-state index in [0.29, 0.717) is 0 Å². The number of nitrogens with zero attached hydrogens (tertiary/aromatic N) is 3. The van der Waals surface area contributed by atoms with Gasteiger partial charge in [-0.05, 0) is 36.8 Å². The smallest absolute Gasteiger partial charge is 0.168 e. The van der Waals surface area contributed by atoms with Crippen LogP contribution in [-0.4, -0.2) is 19.9 Å². The minimum absolute atomic E-state index is 0.254. The third-order valence-corrected chi connectivity index (χ3v) is 2.30. The summed E-state index contributed by atoms with van der Waals surface area (Å²) in [5.74, 6) is 0. The third-order valence-electron chi connectivity index (χ3n) is 2.20. The van der Waals surface area contributed by atoms with Gasteiger partial charge in [0.1, 0.15) is 12.7 Å². The van der Waals surface area contributed by atoms with Crippen molar-refractivity contribution < 1.29 is 0 Å². The minimum Gasteiger partial charge on any atom is -0.376 e. The van der Waals surface area contributed by atoms with Crippen molar-refractivity contribution in [1.29, 1.82) is 0 Å². The minimum atomic E-state index is 0.254. The fraction of sp³-hybridized carbons (Fsp3) is 0.100. The Hall–Kier alpha value is -1.95. The lowest BCUT2D eigenvalue weighted by atomic mass is 10.2. The number of hydrogen-bond acceptors (Lipinski definition) is 3. The molecule has 6 heteroatoms. The second-order valence-electron chi connectivity index (χ2n) is 3.36. The highest BCUT2D eigenvalue weighted by atomic mass is 32.1. The molecule has 1 heterocycles. The first-order chi connectivity index (χ1) is 7.66. The maximum absolute atomic E-state index is 5.45. The van der Waals surface area contributed by atoms with Crippen molar-refractivity contribution in [3.63, 3.8) is 0 Å². The molecule has 0 aliphatic heterocycles. The van der Waals surface area contributed by atoms with Crippen LogP contribution in [0.25, 0.3) is 5.69 Å². The van der Waals surface area contributed by atoms with Gasteiger partial charge in [-0.3, -0.25) is 4.57 Å². The van der Waals surface area contributed by atoms with Crippen molar-refractivity contribution in [2.24, 2.45) is 5.73 Å². The van der Waals surface area contributed by atoms with E-state index in [2.05, 4.69) is 15.5 Å². The average molecular weight is 233 g/mol. The fourth-order valence-electron chi connectivity index (χ4n) is 1.37. The Balaban J connectivity index is 2.39. The molecule has 5 nitrogen and oxygen atoms in total. The van der Waals surface area contributed by atoms with Crippen molar-refractivity contribution in [1.82, 2.24) is 14.8 Å². The number of rotatable bonds is 2. The molecule has 0 unspecified atom stereocenters. The van der Waals surface area contributed by atoms with Crippen LogP contribution in [0.1, 0.15) is 5.56 Å². The maximum Gasteiger partial charge on any atom is 0.168 e. The number of nitrogens with one attached hydrogen (secondary N) is 1. The summed E-state index contributed by atoms with van der Waals surface area (Å²) in [6, 6.07) is 5.90. The molecule has 3 N–H and O–H groups in total. The summed E-state index contributed by atoms with van der Waals surface area (Å²) in [6.45, 7) is 1.98. The topological polar surface area (TPSA) is 68.8 Å². The molecule has 82 valence electrons. The lowest BCUT2D eigenvalue weighted by Gasteiger charge is -2.10. The lowest BCUT2D eigenvalue weighted by Crippen LogP contribution is -2.19. The molecule has 2 aromatic rings. The van der Waals surface area contributed by atoms with Gasteiger partial charge in [0.15, 0.2) is 5.11 Å². The van der Waals surface area contributed by atoms with E-state index in [4.69, 9.17) is 18.0 Å². The van der Waals surface area contributed by atoms with E-state index in [9.17, 15) is 0 Å². The van der Waals surface area contributed by atoms with Crippen molar-refractivity contribution >= 4 is 23.0 Å². The number of aromatic nitrogens is 3. The summed E-state index contributed by atoms with van der Waals surface area (Å²) in [7, 11) is 0. The quantitative estimate of drug-likeness (QED) is 0.764. The Morgan fingerprint density at radius 3 is 2.69 bits per heavy atom. The average Bonchev–Trinajstić information content (AvgIpc) is 2.73. The first-order valence-corrected chi connectivity index (χ1v) is 5.10. The number of anilines is 1. The molecule has 0 spiro atoms. The van der Waals surface area contributed by atoms with E-state index in [0.717, 1.165) is 16.9 Å². The SMILES string of the molecule is Cc1ccc(-n2cnnc2)cc1NC(N)=S. The molecule has 0 aliphatic carbocycles. The summed E-state index contributed by atoms with van der Waals surface area (Å²) in [5, 5.41) is 10.7. The molecule has 0 saturated carbocycles. The van der Waals surface area contributed by atoms with Crippen LogP contribution in [0, 0.1) is 6.92 Å². The number of hydrogen-bond donors (Lipinski definition) is 2. The summed E-state index contributed by atoms with van der Waals surface area (Å²) in [6.07, 6.45) is 3.27. The second kappa shape index (κ2) is 4.28. The highest BCUT2D eigenvalue weighted by Gasteiger charge is 2.02. The summed E-state index contributed by atoms with van der Waals surface area (Å²) in [4.78, 5) is 0. The molecule has 0 saturated heterocycles. The van der Waals surface area contributed by atoms with Crippen LogP contribution in [0.3, 0.4) is 0 Å². The Morgan fingerprint density at radius 2 is 2.06 bits per heavy atom. The van der Waals surface area contributed by atoms with Crippen LogP contribution < -0.4 is 11.1 Å². The number of benzene rings is 1. The van der Waals surface area contributed by atoms with Gasteiger partial charge in [0.2, 0.25) is 0 Å². The van der Waals surface area contributed by atoms with E-state index in [1.165, 1.54) is 0 Å². The first-order valence-electron chi connectivity index (χ1n) is 4.69. The Morgan fingerprint density at radius 1 is 1.38 bits per heavy atom. The van der Waals surface area contributed by atoms with Gasteiger partial charge in [-0.15, -0.1) is 10.2 Å². The third kappa shape index (κ3) is 2.17. The van der Waals surface area contributed by atoms with Crippen molar-refractivity contribution in [3.05, 3.63) is 36.4 Å². The van der Waals surface area contributed by atoms with Crippen LogP contribution in [0.4, 0.5) is 5.69 Å². The predicted molar refractivity (Wildman–Crippen MR) is 66.5 cm³/mol. The molecule has 0 amide bonds. The number of nitrogens with two attached hydrogens (primary N) is 1. The van der Waals surface area contributed by atoms with Crippen LogP contribution >= 0.6 is 12.2 Å². The van der Waals surface area contributed by atoms with Gasteiger partial charge in [-0.1, -0.05) is 6.07 Å². The normalized spacial score (nSPS) is 10.1. The van der Waals surface area contributed by atoms with Crippen LogP contribution in [0.5, 0.6) is 0 Å². The number of thiocarbonyl (C=S) groups is 1. The zero-order valence-corrected chi connectivity index (χ0v) is 9.53. The molecule has 1 aromatic carbocycles. The van der Waals surface area contributed by atoms with E-state index in [1.54, 1.807) is 12.7 Å². The first kappa shape index (κ1) is 10.6. The van der Waals surface area contributed by atoms with Gasteiger partial charge in [-0.25, -0.2) is 0 Å². The molecule has 2 rings (SSSR count). The second-order valence-corrected chi connectivity index (χ2v) is 3.80. The lowest BCUT2D eigenvalue weighted by molar-refractivity contribution is 1.05. The van der Waals surface area contributed by atoms with Crippen molar-refractivity contribution in [2.45, 2.75) is 6.92 Å². The Kier molecular flexibility index (Phi) is 2.82. The predicted octanol–water partition coefficient (Wildman–Crippen LogP) is 1.23. The van der Waals surface area contributed by atoms with Crippen LogP contribution in [-0.2, 0) is 0 Å². The molecule has 16 heavy (non-hydrogen) atoms. The van der Waals surface area contributed by atoms with Crippen molar-refractivity contribution in [3.8, 4) is 5.69 Å². The largest absolute Gasteiger partial charge is 0.376 e. The summed E-state index contributed by atoms with van der Waals surface area (Å²) < 4.78 is 1.81. The molecule has 1 aromatic heterocycles. The summed E-state index contributed by atoms with van der Waals surface area (Å²) >= 11 is 4.82. The highest BCUT2D eigenvalue weighted by Crippen LogP contribution is 2.18. The monoisotopic (exact) mass is 233 g/mol. The zero-order chi connectivity index (χ0) is 11.5. The molecular formula is C10H11N5S. The van der Waals surface area contributed by atoms with Crippen molar-refractivity contribution in [2.75, 3.05) is 5.32 Å². The molecular weight excluding hydrogens is 222 g/mol. The summed E-state index contributed by atoms with van der Waals surface area (Å²) in [5.41, 5.74) is 8.37. The standard InChI is InChI=1S/C10H11N5S/c1-7-2-3-8(15-5-12-13-6-15)4-9(7)14-10(11)16/h2-6H,1H3,(H3,11,14,16). The Labute approximate surface area is 98.3 Å². The van der Waals surface area contributed by atoms with E-state index < -0.39 is 0 Å². The van der Waals surface area contributed by atoms with E-state index in [1.807, 2.05) is 29.7 Å². The van der Waals surface area contributed by atoms with Crippen LogP contribution in [0.15, 0.2) is 30.9 Å². The molecule has 0 atom stereocenters. The highest BCUT2D eigenvalue weighted by molar-refractivity contribution is 7.80. The van der Waals surface area contributed by atoms with Gasteiger partial charge < -0.3 is 11.1 Å². The van der Waals surface area contributed by atoms with Crippen LogP contribution in [0.2, 0.25) is 0 Å². The van der Waals surface area contributed by atoms with E-state index >= 15 is 0 Å². The number of aryl methyl sites for hydroxylation is 1. The fourth-order valence-corrected chi connectivity index (χ4v) is 1.48. The van der Waals surface area contributed by atoms with Gasteiger partial charge in [0.05, 0.1) is 5.69 Å². The zero-order valence-electron chi connectivity index (χ0n) is 8.71. The molecule has 0 fully saturated rings. The maximum atomic E-state index is 5.45.